The van der Waals surface area contributed by atoms with Crippen molar-refractivity contribution in [2.75, 3.05) is 5.32 Å². The average molecular weight is 357 g/mol. The van der Waals surface area contributed by atoms with Gasteiger partial charge >= 0.3 is 0 Å². The van der Waals surface area contributed by atoms with Crippen molar-refractivity contribution < 1.29 is 0 Å². The lowest BCUT2D eigenvalue weighted by Gasteiger charge is -2.43. The van der Waals surface area contributed by atoms with Crippen LogP contribution in [0.2, 0.25) is 10.0 Å². The van der Waals surface area contributed by atoms with Gasteiger partial charge in [-0.3, -0.25) is 0 Å². The van der Waals surface area contributed by atoms with E-state index in [2.05, 4.69) is 54.1 Å². The van der Waals surface area contributed by atoms with Crippen LogP contribution in [0.4, 0.5) is 5.69 Å². The predicted molar refractivity (Wildman–Crippen MR) is 101 cm³/mol. The number of fused-ring (bicyclic) bond motifs is 6. The third-order valence-electron chi connectivity index (χ3n) is 5.94. The summed E-state index contributed by atoms with van der Waals surface area (Å²) in [5.41, 5.74) is 4.95. The van der Waals surface area contributed by atoms with E-state index in [0.29, 0.717) is 5.92 Å². The Hall–Kier alpha value is -1.64. The molecule has 5 rings (SSSR count). The van der Waals surface area contributed by atoms with Crippen molar-refractivity contribution in [1.82, 2.24) is 4.57 Å². The Bertz CT molecular complexity index is 987. The summed E-state index contributed by atoms with van der Waals surface area (Å²) in [5.74, 6) is 0.461. The third kappa shape index (κ3) is 1.73. The first-order chi connectivity index (χ1) is 11.5. The number of para-hydroxylation sites is 1. The molecule has 3 heterocycles. The normalized spacial score (nSPS) is 23.5. The second kappa shape index (κ2) is 4.71. The molecule has 0 unspecified atom stereocenters. The fourth-order valence-electron chi connectivity index (χ4n) is 4.65. The van der Waals surface area contributed by atoms with Gasteiger partial charge in [0.2, 0.25) is 0 Å². The molecular weight excluding hydrogens is 339 g/mol. The molecule has 0 saturated carbocycles. The predicted octanol–water partition coefficient (Wildman–Crippen LogP) is 6.02. The third-order valence-corrected chi connectivity index (χ3v) is 6.57. The van der Waals surface area contributed by atoms with Crippen LogP contribution in [-0.4, -0.2) is 4.57 Å². The van der Waals surface area contributed by atoms with Gasteiger partial charge in [-0.2, -0.15) is 0 Å². The summed E-state index contributed by atoms with van der Waals surface area (Å²) < 4.78 is 2.40. The van der Waals surface area contributed by atoms with E-state index < -0.39 is 0 Å². The molecule has 1 N–H and O–H groups in total. The maximum absolute atomic E-state index is 6.79. The molecule has 0 saturated heterocycles. The van der Waals surface area contributed by atoms with Crippen molar-refractivity contribution in [3.05, 3.63) is 63.8 Å². The highest BCUT2D eigenvalue weighted by Crippen LogP contribution is 2.55. The quantitative estimate of drug-likeness (QED) is 0.520. The van der Waals surface area contributed by atoms with E-state index in [1.54, 1.807) is 0 Å². The molecule has 0 bridgehead atoms. The van der Waals surface area contributed by atoms with Gasteiger partial charge in [-0.15, -0.1) is 0 Å². The number of nitrogens with zero attached hydrogens (tertiary/aromatic N) is 1. The molecule has 0 radical (unpaired) electrons. The number of rotatable bonds is 0. The smallest absolute Gasteiger partial charge is 0.0734 e. The highest BCUT2D eigenvalue weighted by atomic mass is 35.5. The molecule has 2 aliphatic heterocycles. The zero-order valence-corrected chi connectivity index (χ0v) is 15.1. The van der Waals surface area contributed by atoms with Crippen LogP contribution in [0.15, 0.2) is 42.5 Å². The summed E-state index contributed by atoms with van der Waals surface area (Å²) in [4.78, 5) is 0. The van der Waals surface area contributed by atoms with Gasteiger partial charge in [0.25, 0.3) is 0 Å². The Labute approximate surface area is 151 Å². The zero-order chi connectivity index (χ0) is 16.6. The van der Waals surface area contributed by atoms with E-state index in [9.17, 15) is 0 Å². The highest BCUT2D eigenvalue weighted by Gasteiger charge is 2.48. The van der Waals surface area contributed by atoms with Crippen molar-refractivity contribution in [3.8, 4) is 0 Å². The maximum Gasteiger partial charge on any atom is 0.0734 e. The van der Waals surface area contributed by atoms with Crippen molar-refractivity contribution in [2.24, 2.45) is 5.92 Å². The zero-order valence-electron chi connectivity index (χ0n) is 13.6. The van der Waals surface area contributed by atoms with Gasteiger partial charge in [0, 0.05) is 34.1 Å². The topological polar surface area (TPSA) is 17.0 Å². The van der Waals surface area contributed by atoms with Crippen molar-refractivity contribution in [1.29, 1.82) is 0 Å². The summed E-state index contributed by atoms with van der Waals surface area (Å²) in [6.07, 6.45) is 0. The molecule has 0 aliphatic carbocycles. The van der Waals surface area contributed by atoms with E-state index in [0.717, 1.165) is 27.7 Å². The number of aromatic nitrogens is 1. The summed E-state index contributed by atoms with van der Waals surface area (Å²) >= 11 is 13.0. The molecule has 0 amide bonds. The van der Waals surface area contributed by atoms with Gasteiger partial charge in [0.1, 0.15) is 0 Å². The Kier molecular flexibility index (Phi) is 2.88. The van der Waals surface area contributed by atoms with Gasteiger partial charge < -0.3 is 9.88 Å². The van der Waals surface area contributed by atoms with Crippen LogP contribution in [0, 0.1) is 5.92 Å². The van der Waals surface area contributed by atoms with Crippen LogP contribution >= 0.6 is 23.2 Å². The monoisotopic (exact) mass is 356 g/mol. The Morgan fingerprint density at radius 2 is 1.92 bits per heavy atom. The summed E-state index contributed by atoms with van der Waals surface area (Å²) in [6.45, 7) is 5.65. The molecule has 4 heteroatoms. The number of benzene rings is 2. The van der Waals surface area contributed by atoms with Gasteiger partial charge in [0.15, 0.2) is 0 Å². The first-order valence-electron chi connectivity index (χ1n) is 8.31. The van der Waals surface area contributed by atoms with E-state index >= 15 is 0 Å². The molecule has 2 nitrogen and oxygen atoms in total. The number of nitrogens with one attached hydrogen (secondary N) is 1. The second-order valence-corrected chi connectivity index (χ2v) is 8.28. The first kappa shape index (κ1) is 14.7. The minimum Gasteiger partial charge on any atom is -0.376 e. The minimum absolute atomic E-state index is 0.0549. The lowest BCUT2D eigenvalue weighted by atomic mass is 9.67. The van der Waals surface area contributed by atoms with Crippen LogP contribution in [0.5, 0.6) is 0 Å². The van der Waals surface area contributed by atoms with Crippen molar-refractivity contribution in [2.45, 2.75) is 31.8 Å². The lowest BCUT2D eigenvalue weighted by Crippen LogP contribution is -2.39. The van der Waals surface area contributed by atoms with Gasteiger partial charge in [-0.1, -0.05) is 61.3 Å². The second-order valence-electron chi connectivity index (χ2n) is 7.47. The molecule has 24 heavy (non-hydrogen) atoms. The Morgan fingerprint density at radius 3 is 2.75 bits per heavy atom. The minimum atomic E-state index is 0.0549. The largest absolute Gasteiger partial charge is 0.376 e. The lowest BCUT2D eigenvalue weighted by molar-refractivity contribution is 0.274. The summed E-state index contributed by atoms with van der Waals surface area (Å²) in [7, 11) is 0. The van der Waals surface area contributed by atoms with Crippen LogP contribution < -0.4 is 5.32 Å². The summed E-state index contributed by atoms with van der Waals surface area (Å²) in [6, 6.07) is 14.8. The molecule has 2 atom stereocenters. The Balaban J connectivity index is 1.74. The number of hydrogen-bond acceptors (Lipinski definition) is 1. The molecule has 0 fully saturated rings. The highest BCUT2D eigenvalue weighted by molar-refractivity contribution is 6.36. The van der Waals surface area contributed by atoms with Gasteiger partial charge in [-0.05, 0) is 29.2 Å². The van der Waals surface area contributed by atoms with Crippen LogP contribution in [0.1, 0.15) is 31.1 Å². The average Bonchev–Trinajstić information content (AvgIpc) is 3.05. The van der Waals surface area contributed by atoms with Crippen LogP contribution in [0.25, 0.3) is 10.9 Å². The van der Waals surface area contributed by atoms with Gasteiger partial charge in [0.05, 0.1) is 16.8 Å². The molecule has 1 aromatic heterocycles. The van der Waals surface area contributed by atoms with Crippen molar-refractivity contribution >= 4 is 39.8 Å². The number of anilines is 1. The standard InChI is InChI=1S/C20H18Cl2N2/c1-20(2)13-8-7-11(21)9-15(13)23-18-14(20)10-24-16-6-4-3-5-12(16)17(22)19(18)24/h3-9,14,18,23H,10H2,1-2H3/t14-,18-/m1/s1. The molecule has 122 valence electrons. The number of hydrogen-bond donors (Lipinski definition) is 1. The fraction of sp³-hybridized carbons (Fsp3) is 0.300. The molecular formula is C20H18Cl2N2. The number of halogens is 2. The molecule has 0 spiro atoms. The molecule has 3 aromatic rings. The SMILES string of the molecule is CC1(C)c2ccc(Cl)cc2N[C@H]2c3c(Cl)c4ccccc4n3C[C@H]21. The van der Waals surface area contributed by atoms with Gasteiger partial charge in [-0.25, -0.2) is 0 Å². The fourth-order valence-corrected chi connectivity index (χ4v) is 5.20. The van der Waals surface area contributed by atoms with Crippen LogP contribution in [0.3, 0.4) is 0 Å². The van der Waals surface area contributed by atoms with E-state index in [1.165, 1.54) is 16.8 Å². The van der Waals surface area contributed by atoms with E-state index in [4.69, 9.17) is 23.2 Å². The van der Waals surface area contributed by atoms with E-state index in [-0.39, 0.29) is 11.5 Å². The summed E-state index contributed by atoms with van der Waals surface area (Å²) in [5, 5.41) is 6.51. The van der Waals surface area contributed by atoms with E-state index in [1.807, 2.05) is 12.1 Å². The maximum atomic E-state index is 6.79. The molecule has 2 aliphatic rings. The molecule has 2 aromatic carbocycles. The van der Waals surface area contributed by atoms with Crippen LogP contribution in [-0.2, 0) is 12.0 Å². The first-order valence-corrected chi connectivity index (χ1v) is 9.07. The van der Waals surface area contributed by atoms with Crippen molar-refractivity contribution in [3.63, 3.8) is 0 Å². The Morgan fingerprint density at radius 1 is 1.12 bits per heavy atom.